The van der Waals surface area contributed by atoms with Crippen molar-refractivity contribution in [1.29, 1.82) is 0 Å². The standard InChI is InChI=1S/C26H30N2OS/c1-4-22-12-8-13-23-26(22)30(29)24-15-14-19(2)20(3)25(24)28(23)17-9-16-27-18-21-10-6-5-7-11-21/h5-8,10-15,27H,4,9,16-18H2,1-3H3. The molecule has 0 saturated carbocycles. The molecule has 4 heteroatoms. The van der Waals surface area contributed by atoms with E-state index in [-0.39, 0.29) is 0 Å². The van der Waals surface area contributed by atoms with Crippen molar-refractivity contribution in [2.45, 2.75) is 49.9 Å². The third-order valence-corrected chi connectivity index (χ3v) is 7.55. The number of nitrogens with zero attached hydrogens (tertiary/aromatic N) is 1. The van der Waals surface area contributed by atoms with Gasteiger partial charge in [-0.15, -0.1) is 0 Å². The van der Waals surface area contributed by atoms with Crippen molar-refractivity contribution >= 4 is 22.2 Å². The summed E-state index contributed by atoms with van der Waals surface area (Å²) >= 11 is 0. The predicted molar refractivity (Wildman–Crippen MR) is 126 cm³/mol. The summed E-state index contributed by atoms with van der Waals surface area (Å²) in [6.07, 6.45) is 1.91. The molecule has 0 bridgehead atoms. The van der Waals surface area contributed by atoms with Crippen LogP contribution in [0.15, 0.2) is 70.5 Å². The van der Waals surface area contributed by atoms with Crippen molar-refractivity contribution in [1.82, 2.24) is 5.32 Å². The molecule has 1 aliphatic heterocycles. The minimum absolute atomic E-state index is 0.885. The van der Waals surface area contributed by atoms with Crippen LogP contribution in [-0.4, -0.2) is 17.3 Å². The highest BCUT2D eigenvalue weighted by Gasteiger charge is 2.31. The molecule has 0 saturated heterocycles. The molecule has 30 heavy (non-hydrogen) atoms. The van der Waals surface area contributed by atoms with Crippen LogP contribution in [0.2, 0.25) is 0 Å². The molecule has 1 N–H and O–H groups in total. The van der Waals surface area contributed by atoms with E-state index in [0.717, 1.165) is 53.6 Å². The molecule has 3 aromatic rings. The van der Waals surface area contributed by atoms with Crippen LogP contribution in [-0.2, 0) is 23.8 Å². The zero-order valence-corrected chi connectivity index (χ0v) is 18.9. The Morgan fingerprint density at radius 1 is 0.967 bits per heavy atom. The zero-order chi connectivity index (χ0) is 21.1. The first-order valence-electron chi connectivity index (χ1n) is 10.8. The van der Waals surface area contributed by atoms with Gasteiger partial charge in [-0.1, -0.05) is 55.5 Å². The van der Waals surface area contributed by atoms with Crippen LogP contribution in [0.4, 0.5) is 11.4 Å². The van der Waals surface area contributed by atoms with Gasteiger partial charge < -0.3 is 10.2 Å². The molecule has 4 rings (SSSR count). The minimum atomic E-state index is -1.13. The Bertz CT molecular complexity index is 1060. The highest BCUT2D eigenvalue weighted by molar-refractivity contribution is 7.85. The summed E-state index contributed by atoms with van der Waals surface area (Å²) in [5, 5.41) is 3.56. The Balaban J connectivity index is 1.58. The van der Waals surface area contributed by atoms with Crippen molar-refractivity contribution in [3.63, 3.8) is 0 Å². The van der Waals surface area contributed by atoms with E-state index < -0.39 is 10.8 Å². The quantitative estimate of drug-likeness (QED) is 0.502. The lowest BCUT2D eigenvalue weighted by Crippen LogP contribution is -2.29. The molecule has 0 aromatic heterocycles. The van der Waals surface area contributed by atoms with Gasteiger partial charge >= 0.3 is 0 Å². The number of aryl methyl sites for hydroxylation is 2. The SMILES string of the molecule is CCc1cccc2c1S(=O)c1ccc(C)c(C)c1N2CCCNCc1ccccc1. The Labute approximate surface area is 182 Å². The van der Waals surface area contributed by atoms with Crippen LogP contribution in [0.3, 0.4) is 0 Å². The fourth-order valence-corrected chi connectivity index (χ4v) is 5.86. The van der Waals surface area contributed by atoms with Crippen molar-refractivity contribution in [3.05, 3.63) is 82.9 Å². The average Bonchev–Trinajstić information content (AvgIpc) is 2.78. The summed E-state index contributed by atoms with van der Waals surface area (Å²) in [6, 6.07) is 21.0. The van der Waals surface area contributed by atoms with Crippen LogP contribution in [0, 0.1) is 13.8 Å². The molecule has 1 unspecified atom stereocenters. The fourth-order valence-electron chi connectivity index (χ4n) is 4.19. The molecule has 1 atom stereocenters. The fraction of sp³-hybridized carbons (Fsp3) is 0.308. The Kier molecular flexibility index (Phi) is 6.35. The summed E-state index contributed by atoms with van der Waals surface area (Å²) in [5.74, 6) is 0. The summed E-state index contributed by atoms with van der Waals surface area (Å²) in [6.45, 7) is 9.15. The van der Waals surface area contributed by atoms with Crippen LogP contribution in [0.1, 0.15) is 35.6 Å². The Hall–Kier alpha value is -2.43. The normalized spacial score (nSPS) is 15.0. The summed E-state index contributed by atoms with van der Waals surface area (Å²) in [7, 11) is -1.13. The van der Waals surface area contributed by atoms with Crippen LogP contribution in [0.5, 0.6) is 0 Å². The highest BCUT2D eigenvalue weighted by atomic mass is 32.2. The lowest BCUT2D eigenvalue weighted by Gasteiger charge is -2.35. The van der Waals surface area contributed by atoms with Crippen LogP contribution >= 0.6 is 0 Å². The van der Waals surface area contributed by atoms with E-state index >= 15 is 0 Å². The van der Waals surface area contributed by atoms with Gasteiger partial charge in [0.05, 0.1) is 32.0 Å². The number of benzene rings is 3. The van der Waals surface area contributed by atoms with Gasteiger partial charge in [0.1, 0.15) is 0 Å². The molecule has 3 aromatic carbocycles. The van der Waals surface area contributed by atoms with Gasteiger partial charge in [0.15, 0.2) is 0 Å². The molecule has 3 nitrogen and oxygen atoms in total. The number of nitrogens with one attached hydrogen (secondary N) is 1. The first-order valence-corrected chi connectivity index (χ1v) is 11.9. The number of hydrogen-bond acceptors (Lipinski definition) is 3. The molecule has 1 aliphatic rings. The molecule has 156 valence electrons. The topological polar surface area (TPSA) is 32.3 Å². The second-order valence-corrected chi connectivity index (χ2v) is 9.29. The van der Waals surface area contributed by atoms with Crippen molar-refractivity contribution < 1.29 is 4.21 Å². The van der Waals surface area contributed by atoms with Crippen molar-refractivity contribution in [2.24, 2.45) is 0 Å². The van der Waals surface area contributed by atoms with E-state index in [2.05, 4.69) is 85.6 Å². The molecule has 0 radical (unpaired) electrons. The lowest BCUT2D eigenvalue weighted by atomic mass is 10.0. The molecule has 0 aliphatic carbocycles. The van der Waals surface area contributed by atoms with Gasteiger partial charge in [0.2, 0.25) is 0 Å². The first kappa shape index (κ1) is 20.8. The maximum atomic E-state index is 13.5. The number of anilines is 2. The van der Waals surface area contributed by atoms with Gasteiger partial charge in [0, 0.05) is 13.1 Å². The molecular weight excluding hydrogens is 388 g/mol. The van der Waals surface area contributed by atoms with Crippen LogP contribution in [0.25, 0.3) is 0 Å². The van der Waals surface area contributed by atoms with E-state index in [1.54, 1.807) is 0 Å². The van der Waals surface area contributed by atoms with Crippen LogP contribution < -0.4 is 10.2 Å². The Morgan fingerprint density at radius 3 is 2.53 bits per heavy atom. The van der Waals surface area contributed by atoms with Gasteiger partial charge in [-0.2, -0.15) is 0 Å². The van der Waals surface area contributed by atoms with Crippen molar-refractivity contribution in [2.75, 3.05) is 18.0 Å². The summed E-state index contributed by atoms with van der Waals surface area (Å²) in [4.78, 5) is 4.34. The smallest absolute Gasteiger partial charge is 0.0895 e. The summed E-state index contributed by atoms with van der Waals surface area (Å²) < 4.78 is 13.5. The highest BCUT2D eigenvalue weighted by Crippen LogP contribution is 2.45. The maximum Gasteiger partial charge on any atom is 0.0895 e. The molecule has 0 amide bonds. The average molecular weight is 419 g/mol. The third kappa shape index (κ3) is 3.94. The molecule has 0 fully saturated rings. The Morgan fingerprint density at radius 2 is 1.77 bits per heavy atom. The maximum absolute atomic E-state index is 13.5. The van der Waals surface area contributed by atoms with Crippen molar-refractivity contribution in [3.8, 4) is 0 Å². The first-order chi connectivity index (χ1) is 14.6. The van der Waals surface area contributed by atoms with E-state index in [4.69, 9.17) is 0 Å². The third-order valence-electron chi connectivity index (χ3n) is 5.97. The largest absolute Gasteiger partial charge is 0.339 e. The monoisotopic (exact) mass is 418 g/mol. The van der Waals surface area contributed by atoms with Gasteiger partial charge in [-0.3, -0.25) is 0 Å². The van der Waals surface area contributed by atoms with E-state index in [0.29, 0.717) is 0 Å². The van der Waals surface area contributed by atoms with Gasteiger partial charge in [0.25, 0.3) is 0 Å². The van der Waals surface area contributed by atoms with Gasteiger partial charge in [-0.05, 0) is 67.6 Å². The molecule has 0 spiro atoms. The number of hydrogen-bond donors (Lipinski definition) is 1. The number of fused-ring (bicyclic) bond motifs is 2. The van der Waals surface area contributed by atoms with E-state index in [9.17, 15) is 4.21 Å². The lowest BCUT2D eigenvalue weighted by molar-refractivity contribution is 0.646. The van der Waals surface area contributed by atoms with E-state index in [1.807, 2.05) is 6.07 Å². The summed E-state index contributed by atoms with van der Waals surface area (Å²) in [5.41, 5.74) is 7.20. The molecular formula is C26H30N2OS. The second-order valence-electron chi connectivity index (χ2n) is 7.91. The molecule has 1 heterocycles. The predicted octanol–water partition coefficient (Wildman–Crippen LogP) is 5.66. The number of rotatable bonds is 7. The van der Waals surface area contributed by atoms with E-state index in [1.165, 1.54) is 22.3 Å². The van der Waals surface area contributed by atoms with Gasteiger partial charge in [-0.25, -0.2) is 4.21 Å². The minimum Gasteiger partial charge on any atom is -0.339 e. The second kappa shape index (κ2) is 9.15. The zero-order valence-electron chi connectivity index (χ0n) is 18.1.